The number of nitrogens with zero attached hydrogens (tertiary/aromatic N) is 3. The lowest BCUT2D eigenvalue weighted by atomic mass is 10.1. The fourth-order valence-corrected chi connectivity index (χ4v) is 5.10. The molecular weight excluding hydrogens is 458 g/mol. The minimum atomic E-state index is -0.336. The highest BCUT2D eigenvalue weighted by Gasteiger charge is 2.27. The van der Waals surface area contributed by atoms with E-state index in [2.05, 4.69) is 33.8 Å². The first-order valence-electron chi connectivity index (χ1n) is 14.1. The second kappa shape index (κ2) is 13.6. The average Bonchev–Trinajstić information content (AvgIpc) is 2.86. The van der Waals surface area contributed by atoms with Crippen LogP contribution in [0.1, 0.15) is 102 Å². The van der Waals surface area contributed by atoms with Crippen molar-refractivity contribution in [3.8, 4) is 5.69 Å². The number of benzene rings is 2. The first kappa shape index (κ1) is 28.6. The van der Waals surface area contributed by atoms with E-state index in [4.69, 9.17) is 4.98 Å². The molecule has 5 nitrogen and oxygen atoms in total. The quantitative estimate of drug-likeness (QED) is 0.225. The van der Waals surface area contributed by atoms with Crippen molar-refractivity contribution in [2.75, 3.05) is 6.54 Å². The number of unbranched alkanes of at least 4 members (excludes halogenated alkanes) is 6. The summed E-state index contributed by atoms with van der Waals surface area (Å²) >= 11 is 0. The molecule has 0 N–H and O–H groups in total. The van der Waals surface area contributed by atoms with E-state index >= 15 is 0 Å². The summed E-state index contributed by atoms with van der Waals surface area (Å²) in [5, 5.41) is 0.586. The van der Waals surface area contributed by atoms with Gasteiger partial charge in [0.25, 0.3) is 5.56 Å². The molecule has 1 amide bonds. The van der Waals surface area contributed by atoms with Gasteiger partial charge in [0.05, 0.1) is 22.6 Å². The second-order valence-corrected chi connectivity index (χ2v) is 10.9. The smallest absolute Gasteiger partial charge is 0.266 e. The molecule has 0 fully saturated rings. The van der Waals surface area contributed by atoms with Gasteiger partial charge in [-0.3, -0.25) is 14.2 Å². The van der Waals surface area contributed by atoms with Crippen LogP contribution in [0.2, 0.25) is 0 Å². The molecule has 0 bridgehead atoms. The van der Waals surface area contributed by atoms with E-state index in [1.807, 2.05) is 55.1 Å². The Hall–Kier alpha value is -2.95. The normalized spacial score (nSPS) is 12.3. The summed E-state index contributed by atoms with van der Waals surface area (Å²) in [4.78, 5) is 34.3. The predicted molar refractivity (Wildman–Crippen MR) is 154 cm³/mol. The van der Waals surface area contributed by atoms with Gasteiger partial charge in [-0.1, -0.05) is 89.1 Å². The standard InChI is InChI=1S/C32H45N3O2/c1-7-8-9-10-11-12-13-18-30(36)34(22-23(2)3)26(6)31-33-28-17-15-14-16-27(28)32(37)35(31)29-20-19-24(4)21-25(29)5/h14-17,19-21,23,26H,7-13,18,22H2,1-6H3. The lowest BCUT2D eigenvalue weighted by Crippen LogP contribution is -2.39. The highest BCUT2D eigenvalue weighted by atomic mass is 16.2. The fourth-order valence-electron chi connectivity index (χ4n) is 5.10. The van der Waals surface area contributed by atoms with E-state index in [-0.39, 0.29) is 17.5 Å². The van der Waals surface area contributed by atoms with E-state index < -0.39 is 0 Å². The Morgan fingerprint density at radius 1 is 0.946 bits per heavy atom. The Kier molecular flexibility index (Phi) is 10.5. The number of carbonyl (C=O) groups excluding carboxylic acids is 1. The maximum atomic E-state index is 13.8. The van der Waals surface area contributed by atoms with Crippen molar-refractivity contribution < 1.29 is 4.79 Å². The number of hydrogen-bond donors (Lipinski definition) is 0. The maximum Gasteiger partial charge on any atom is 0.266 e. The van der Waals surface area contributed by atoms with Gasteiger partial charge in [-0.25, -0.2) is 4.98 Å². The second-order valence-electron chi connectivity index (χ2n) is 10.9. The fraction of sp³-hybridized carbons (Fsp3) is 0.531. The van der Waals surface area contributed by atoms with Gasteiger partial charge in [0.1, 0.15) is 5.82 Å². The Morgan fingerprint density at radius 3 is 2.30 bits per heavy atom. The lowest BCUT2D eigenvalue weighted by molar-refractivity contribution is -0.134. The lowest BCUT2D eigenvalue weighted by Gasteiger charge is -2.32. The van der Waals surface area contributed by atoms with Crippen molar-refractivity contribution >= 4 is 16.8 Å². The van der Waals surface area contributed by atoms with Crippen LogP contribution in [0.5, 0.6) is 0 Å². The molecule has 2 aromatic carbocycles. The summed E-state index contributed by atoms with van der Waals surface area (Å²) in [7, 11) is 0. The van der Waals surface area contributed by atoms with Crippen molar-refractivity contribution in [3.05, 3.63) is 69.8 Å². The number of rotatable bonds is 13. The van der Waals surface area contributed by atoms with Crippen LogP contribution in [-0.4, -0.2) is 26.9 Å². The van der Waals surface area contributed by atoms with Gasteiger partial charge in [-0.2, -0.15) is 0 Å². The molecule has 0 radical (unpaired) electrons. The number of aromatic nitrogens is 2. The zero-order chi connectivity index (χ0) is 26.9. The van der Waals surface area contributed by atoms with Crippen molar-refractivity contribution in [1.82, 2.24) is 14.5 Å². The Labute approximate surface area is 222 Å². The third kappa shape index (κ3) is 7.30. The van der Waals surface area contributed by atoms with Crippen LogP contribution >= 0.6 is 0 Å². The summed E-state index contributed by atoms with van der Waals surface area (Å²) in [6.07, 6.45) is 8.78. The number of amides is 1. The van der Waals surface area contributed by atoms with Gasteiger partial charge in [0, 0.05) is 13.0 Å². The summed E-state index contributed by atoms with van der Waals surface area (Å²) in [5.74, 6) is 1.07. The van der Waals surface area contributed by atoms with Gasteiger partial charge in [0.2, 0.25) is 5.91 Å². The van der Waals surface area contributed by atoms with Crippen LogP contribution in [0.15, 0.2) is 47.3 Å². The van der Waals surface area contributed by atoms with Crippen LogP contribution < -0.4 is 5.56 Å². The van der Waals surface area contributed by atoms with E-state index in [0.717, 1.165) is 29.7 Å². The third-order valence-electron chi connectivity index (χ3n) is 7.11. The zero-order valence-electron chi connectivity index (χ0n) is 23.7. The Bertz CT molecular complexity index is 1240. The molecule has 0 spiro atoms. The van der Waals surface area contributed by atoms with Gasteiger partial charge >= 0.3 is 0 Å². The van der Waals surface area contributed by atoms with Gasteiger partial charge in [0.15, 0.2) is 0 Å². The molecule has 200 valence electrons. The minimum absolute atomic E-state index is 0.0940. The van der Waals surface area contributed by atoms with E-state index in [9.17, 15) is 9.59 Å². The molecule has 0 aliphatic carbocycles. The molecule has 0 aliphatic rings. The summed E-state index contributed by atoms with van der Waals surface area (Å²) in [6.45, 7) is 13.2. The number of para-hydroxylation sites is 1. The summed E-state index contributed by atoms with van der Waals surface area (Å²) in [6, 6.07) is 13.3. The number of fused-ring (bicyclic) bond motifs is 1. The van der Waals surface area contributed by atoms with Gasteiger partial charge in [-0.05, 0) is 56.9 Å². The first-order valence-corrected chi connectivity index (χ1v) is 14.1. The van der Waals surface area contributed by atoms with E-state index in [1.54, 1.807) is 4.57 Å². The van der Waals surface area contributed by atoms with Gasteiger partial charge < -0.3 is 4.90 Å². The molecule has 37 heavy (non-hydrogen) atoms. The van der Waals surface area contributed by atoms with Crippen LogP contribution in [0.4, 0.5) is 0 Å². The number of aryl methyl sites for hydroxylation is 2. The van der Waals surface area contributed by atoms with E-state index in [1.165, 1.54) is 32.1 Å². The summed E-state index contributed by atoms with van der Waals surface area (Å²) in [5.41, 5.74) is 3.55. The molecule has 5 heteroatoms. The number of carbonyl (C=O) groups is 1. The molecule has 1 heterocycles. The Balaban J connectivity index is 1.97. The molecule has 0 saturated carbocycles. The van der Waals surface area contributed by atoms with Crippen LogP contribution in [-0.2, 0) is 4.79 Å². The van der Waals surface area contributed by atoms with Crippen molar-refractivity contribution in [3.63, 3.8) is 0 Å². The summed E-state index contributed by atoms with van der Waals surface area (Å²) < 4.78 is 1.73. The SMILES string of the molecule is CCCCCCCCCC(=O)N(CC(C)C)C(C)c1nc2ccccc2c(=O)n1-c1ccc(C)cc1C. The van der Waals surface area contributed by atoms with Crippen LogP contribution in [0.25, 0.3) is 16.6 Å². The van der Waals surface area contributed by atoms with Crippen molar-refractivity contribution in [2.24, 2.45) is 5.92 Å². The maximum absolute atomic E-state index is 13.8. The molecule has 0 aliphatic heterocycles. The number of hydrogen-bond acceptors (Lipinski definition) is 3. The van der Waals surface area contributed by atoms with Crippen molar-refractivity contribution in [2.45, 2.75) is 99.0 Å². The average molecular weight is 504 g/mol. The molecule has 0 saturated heterocycles. The zero-order valence-corrected chi connectivity index (χ0v) is 23.7. The first-order chi connectivity index (χ1) is 17.7. The molecular formula is C32H45N3O2. The highest BCUT2D eigenvalue weighted by molar-refractivity contribution is 5.79. The van der Waals surface area contributed by atoms with Crippen LogP contribution in [0.3, 0.4) is 0 Å². The molecule has 1 unspecified atom stereocenters. The van der Waals surface area contributed by atoms with Gasteiger partial charge in [-0.15, -0.1) is 0 Å². The topological polar surface area (TPSA) is 55.2 Å². The van der Waals surface area contributed by atoms with Crippen molar-refractivity contribution in [1.29, 1.82) is 0 Å². The molecule has 3 rings (SSSR count). The highest BCUT2D eigenvalue weighted by Crippen LogP contribution is 2.26. The monoisotopic (exact) mass is 503 g/mol. The minimum Gasteiger partial charge on any atom is -0.333 e. The molecule has 1 aromatic heterocycles. The molecule has 3 aromatic rings. The van der Waals surface area contributed by atoms with Crippen LogP contribution in [0, 0.1) is 19.8 Å². The molecule has 1 atom stereocenters. The predicted octanol–water partition coefficient (Wildman–Crippen LogP) is 7.69. The largest absolute Gasteiger partial charge is 0.333 e. The Morgan fingerprint density at radius 2 is 1.62 bits per heavy atom. The van der Waals surface area contributed by atoms with E-state index in [0.29, 0.717) is 35.6 Å². The third-order valence-corrected chi connectivity index (χ3v) is 7.11.